The quantitative estimate of drug-likeness (QED) is 0.415. The van der Waals surface area contributed by atoms with Gasteiger partial charge in [0, 0.05) is 18.5 Å². The van der Waals surface area contributed by atoms with E-state index >= 15 is 0 Å². The van der Waals surface area contributed by atoms with E-state index in [9.17, 15) is 4.79 Å². The molecule has 0 unspecified atom stereocenters. The lowest BCUT2D eigenvalue weighted by molar-refractivity contribution is 0.0425. The molecule has 21 heavy (non-hydrogen) atoms. The Kier molecular flexibility index (Phi) is 5.98. The van der Waals surface area contributed by atoms with Crippen molar-refractivity contribution in [1.29, 1.82) is 0 Å². The Morgan fingerprint density at radius 2 is 2.00 bits per heavy atom. The average molecular weight is 316 g/mol. The normalized spacial score (nSPS) is 11.8. The summed E-state index contributed by atoms with van der Waals surface area (Å²) >= 11 is 0. The maximum Gasteiger partial charge on any atom is 0.534 e. The molecule has 120 valence electrons. The Bertz CT molecular complexity index is 491. The number of benzene rings is 1. The standard InChI is InChI=1S/C13H24N4O3S/c1-16-17(12-6-5-10(14)9-11(12)15)20-13(18)19-7-8-21(2,3)4/h5-6,9,16H,7-8,14-15H2,1-4H3. The zero-order chi connectivity index (χ0) is 16.0. The lowest BCUT2D eigenvalue weighted by Gasteiger charge is -2.25. The second-order valence-electron chi connectivity index (χ2n) is 5.32. The minimum atomic E-state index is -0.788. The van der Waals surface area contributed by atoms with E-state index in [0.29, 0.717) is 23.7 Å². The molecule has 1 aromatic rings. The van der Waals surface area contributed by atoms with Gasteiger partial charge in [0.2, 0.25) is 0 Å². The lowest BCUT2D eigenvalue weighted by Crippen LogP contribution is -2.38. The molecule has 0 spiro atoms. The first-order valence-electron chi connectivity index (χ1n) is 6.36. The number of carbonyl (C=O) groups excluding carboxylic acids is 1. The minimum absolute atomic E-state index is 0.326. The van der Waals surface area contributed by atoms with Gasteiger partial charge in [-0.2, -0.15) is 0 Å². The minimum Gasteiger partial charge on any atom is -0.432 e. The molecule has 0 aliphatic carbocycles. The van der Waals surface area contributed by atoms with Crippen molar-refractivity contribution in [2.24, 2.45) is 0 Å². The molecule has 0 saturated heterocycles. The molecule has 0 aliphatic rings. The van der Waals surface area contributed by atoms with Gasteiger partial charge >= 0.3 is 6.16 Å². The number of nitrogen functional groups attached to an aromatic ring is 2. The van der Waals surface area contributed by atoms with Gasteiger partial charge in [-0.1, -0.05) is 0 Å². The van der Waals surface area contributed by atoms with Gasteiger partial charge in [-0.3, -0.25) is 4.84 Å². The molecule has 0 atom stereocenters. The van der Waals surface area contributed by atoms with E-state index in [1.165, 1.54) is 0 Å². The fourth-order valence-electron chi connectivity index (χ4n) is 1.45. The maximum absolute atomic E-state index is 11.7. The van der Waals surface area contributed by atoms with E-state index in [1.54, 1.807) is 25.2 Å². The summed E-state index contributed by atoms with van der Waals surface area (Å²) in [6.45, 7) is 0.326. The number of ether oxygens (including phenoxy) is 1. The summed E-state index contributed by atoms with van der Waals surface area (Å²) in [5, 5.41) is 1.14. The molecule has 8 heteroatoms. The van der Waals surface area contributed by atoms with Crippen LogP contribution < -0.4 is 22.1 Å². The predicted molar refractivity (Wildman–Crippen MR) is 89.5 cm³/mol. The van der Waals surface area contributed by atoms with Crippen molar-refractivity contribution in [2.75, 3.05) is 54.8 Å². The molecule has 0 aromatic heterocycles. The zero-order valence-corrected chi connectivity index (χ0v) is 13.7. The third-order valence-corrected chi connectivity index (χ3v) is 3.95. The molecule has 1 aromatic carbocycles. The number of rotatable bonds is 6. The molecular weight excluding hydrogens is 292 g/mol. The largest absolute Gasteiger partial charge is 0.534 e. The third-order valence-electron chi connectivity index (χ3n) is 2.55. The molecule has 0 bridgehead atoms. The van der Waals surface area contributed by atoms with Gasteiger partial charge in [0.15, 0.2) is 0 Å². The number of hydrazine groups is 1. The number of anilines is 3. The Balaban J connectivity index is 2.59. The molecule has 0 heterocycles. The van der Waals surface area contributed by atoms with Crippen LogP contribution in [0.5, 0.6) is 0 Å². The summed E-state index contributed by atoms with van der Waals surface area (Å²) in [5.74, 6) is 0.825. The summed E-state index contributed by atoms with van der Waals surface area (Å²) in [7, 11) is 0.886. The van der Waals surface area contributed by atoms with Gasteiger partial charge in [0.25, 0.3) is 0 Å². The molecule has 1 rings (SSSR count). The summed E-state index contributed by atoms with van der Waals surface area (Å²) < 4.78 is 5.05. The molecule has 0 radical (unpaired) electrons. The van der Waals surface area contributed by atoms with Crippen LogP contribution in [0.3, 0.4) is 0 Å². The summed E-state index contributed by atoms with van der Waals surface area (Å²) in [6.07, 6.45) is 5.66. The van der Waals surface area contributed by atoms with Crippen LogP contribution in [0.1, 0.15) is 0 Å². The molecule has 0 fully saturated rings. The maximum atomic E-state index is 11.7. The van der Waals surface area contributed by atoms with Crippen LogP contribution >= 0.6 is 10.0 Å². The average Bonchev–Trinajstić information content (AvgIpc) is 2.35. The first-order chi connectivity index (χ1) is 9.73. The fraction of sp³-hybridized carbons (Fsp3) is 0.462. The molecule has 0 saturated carbocycles. The number of hydrogen-bond acceptors (Lipinski definition) is 7. The predicted octanol–water partition coefficient (Wildman–Crippen LogP) is 1.55. The second kappa shape index (κ2) is 7.28. The van der Waals surface area contributed by atoms with Gasteiger partial charge in [0.05, 0.1) is 5.69 Å². The van der Waals surface area contributed by atoms with Gasteiger partial charge < -0.3 is 16.2 Å². The smallest absolute Gasteiger partial charge is 0.432 e. The van der Waals surface area contributed by atoms with Gasteiger partial charge in [-0.15, -0.1) is 5.17 Å². The zero-order valence-electron chi connectivity index (χ0n) is 12.9. The van der Waals surface area contributed by atoms with Gasteiger partial charge in [-0.05, 0) is 37.0 Å². The highest BCUT2D eigenvalue weighted by atomic mass is 32.3. The summed E-state index contributed by atoms with van der Waals surface area (Å²) in [4.78, 5) is 16.7. The molecule has 5 N–H and O–H groups in total. The van der Waals surface area contributed by atoms with E-state index in [0.717, 1.165) is 10.9 Å². The van der Waals surface area contributed by atoms with Crippen molar-refractivity contribution < 1.29 is 14.4 Å². The van der Waals surface area contributed by atoms with Gasteiger partial charge in [0.1, 0.15) is 12.3 Å². The van der Waals surface area contributed by atoms with Crippen LogP contribution in [0.4, 0.5) is 21.9 Å². The van der Waals surface area contributed by atoms with E-state index in [1.807, 2.05) is 0 Å². The first kappa shape index (κ1) is 17.3. The van der Waals surface area contributed by atoms with Crippen LogP contribution in [0, 0.1) is 0 Å². The van der Waals surface area contributed by atoms with Crippen molar-refractivity contribution in [2.45, 2.75) is 0 Å². The first-order valence-corrected chi connectivity index (χ1v) is 9.39. The third kappa shape index (κ3) is 6.01. The highest BCUT2D eigenvalue weighted by Crippen LogP contribution is 2.33. The number of nitrogens with one attached hydrogen (secondary N) is 1. The summed E-state index contributed by atoms with van der Waals surface area (Å²) in [6, 6.07) is 4.89. The monoisotopic (exact) mass is 316 g/mol. The van der Waals surface area contributed by atoms with Crippen LogP contribution in [-0.4, -0.2) is 44.3 Å². The fourth-order valence-corrected chi connectivity index (χ4v) is 2.03. The van der Waals surface area contributed by atoms with E-state index < -0.39 is 16.2 Å². The second-order valence-corrected chi connectivity index (χ2v) is 9.91. The van der Waals surface area contributed by atoms with Crippen molar-refractivity contribution >= 4 is 33.2 Å². The van der Waals surface area contributed by atoms with Crippen molar-refractivity contribution in [1.82, 2.24) is 5.43 Å². The van der Waals surface area contributed by atoms with Crippen molar-refractivity contribution in [3.8, 4) is 0 Å². The van der Waals surface area contributed by atoms with E-state index in [2.05, 4.69) is 24.2 Å². The molecule has 7 nitrogen and oxygen atoms in total. The SMILES string of the molecule is CNN(OC(=O)OCCS(C)(C)C)c1ccc(N)cc1N. The van der Waals surface area contributed by atoms with Crippen LogP contribution in [0.25, 0.3) is 0 Å². The Morgan fingerprint density at radius 1 is 1.33 bits per heavy atom. The molecular formula is C13H24N4O3S. The Labute approximate surface area is 126 Å². The van der Waals surface area contributed by atoms with E-state index in [-0.39, 0.29) is 0 Å². The number of carbonyl (C=O) groups is 1. The van der Waals surface area contributed by atoms with Crippen LogP contribution in [0.15, 0.2) is 18.2 Å². The topological polar surface area (TPSA) is 103 Å². The summed E-state index contributed by atoms with van der Waals surface area (Å²) in [5.41, 5.74) is 15.6. The number of nitrogens with two attached hydrogens (primary N) is 2. The Hall–Kier alpha value is -1.80. The highest BCUT2D eigenvalue weighted by molar-refractivity contribution is 8.32. The molecule has 0 aliphatic heterocycles. The van der Waals surface area contributed by atoms with Crippen molar-refractivity contribution in [3.05, 3.63) is 18.2 Å². The number of nitrogens with zero attached hydrogens (tertiary/aromatic N) is 1. The lowest BCUT2D eigenvalue weighted by atomic mass is 10.2. The van der Waals surface area contributed by atoms with Crippen LogP contribution in [0.2, 0.25) is 0 Å². The van der Waals surface area contributed by atoms with E-state index in [4.69, 9.17) is 21.0 Å². The van der Waals surface area contributed by atoms with Crippen molar-refractivity contribution in [3.63, 3.8) is 0 Å². The molecule has 0 amide bonds. The number of hydrogen-bond donors (Lipinski definition) is 3. The highest BCUT2D eigenvalue weighted by Gasteiger charge is 2.16. The Morgan fingerprint density at radius 3 is 2.52 bits per heavy atom. The van der Waals surface area contributed by atoms with Crippen LogP contribution in [-0.2, 0) is 9.57 Å². The van der Waals surface area contributed by atoms with Gasteiger partial charge in [-0.25, -0.2) is 20.2 Å².